The lowest BCUT2D eigenvalue weighted by atomic mass is 10.2. The lowest BCUT2D eigenvalue weighted by Crippen LogP contribution is -2.25. The topological polar surface area (TPSA) is 89.3 Å². The van der Waals surface area contributed by atoms with Crippen molar-refractivity contribution < 1.29 is 13.3 Å². The molecule has 0 atom stereocenters. The standard InChI is InChI=1S/C14H13ClN2O4S/c15-13-7-3-1-5-11(13)9-16-22(20,21)10-12-6-2-4-8-14(12)17(18)19/h1-8,16H,9-10H2. The van der Waals surface area contributed by atoms with Gasteiger partial charge in [0.2, 0.25) is 10.0 Å². The van der Waals surface area contributed by atoms with Gasteiger partial charge < -0.3 is 0 Å². The Morgan fingerprint density at radius 3 is 2.27 bits per heavy atom. The second-order valence-corrected chi connectivity index (χ2v) is 6.77. The van der Waals surface area contributed by atoms with Gasteiger partial charge in [0.15, 0.2) is 0 Å². The molecule has 2 rings (SSSR count). The van der Waals surface area contributed by atoms with E-state index in [-0.39, 0.29) is 17.8 Å². The number of nitro benzene ring substituents is 1. The first kappa shape index (κ1) is 16.4. The molecule has 8 heteroatoms. The molecule has 0 aromatic heterocycles. The summed E-state index contributed by atoms with van der Waals surface area (Å²) < 4.78 is 26.6. The molecule has 0 saturated carbocycles. The Hall–Kier alpha value is -1.96. The molecule has 0 fully saturated rings. The molecule has 0 bridgehead atoms. The summed E-state index contributed by atoms with van der Waals surface area (Å²) in [5.41, 5.74) is 0.556. The number of nitro groups is 1. The third-order valence-corrected chi connectivity index (χ3v) is 4.62. The summed E-state index contributed by atoms with van der Waals surface area (Å²) in [6, 6.07) is 12.6. The van der Waals surface area contributed by atoms with Crippen LogP contribution in [0.1, 0.15) is 11.1 Å². The molecule has 0 saturated heterocycles. The first-order valence-electron chi connectivity index (χ1n) is 6.32. The van der Waals surface area contributed by atoms with Crippen LogP contribution in [-0.2, 0) is 22.3 Å². The molecular weight excluding hydrogens is 328 g/mol. The van der Waals surface area contributed by atoms with Gasteiger partial charge in [-0.25, -0.2) is 13.1 Å². The fraction of sp³-hybridized carbons (Fsp3) is 0.143. The zero-order valence-corrected chi connectivity index (χ0v) is 13.0. The van der Waals surface area contributed by atoms with E-state index in [1.54, 1.807) is 30.3 Å². The lowest BCUT2D eigenvalue weighted by Gasteiger charge is -2.08. The van der Waals surface area contributed by atoms with Crippen LogP contribution in [0, 0.1) is 10.1 Å². The highest BCUT2D eigenvalue weighted by Crippen LogP contribution is 2.20. The maximum absolute atomic E-state index is 12.1. The number of halogens is 1. The Morgan fingerprint density at radius 2 is 1.64 bits per heavy atom. The summed E-state index contributed by atoms with van der Waals surface area (Å²) in [6.45, 7) is 0.0304. The quantitative estimate of drug-likeness (QED) is 0.646. The summed E-state index contributed by atoms with van der Waals surface area (Å²) >= 11 is 5.96. The number of nitrogens with zero attached hydrogens (tertiary/aromatic N) is 1. The second kappa shape index (κ2) is 6.87. The number of para-hydroxylation sites is 1. The van der Waals surface area contributed by atoms with E-state index in [0.717, 1.165) is 0 Å². The number of rotatable bonds is 6. The molecule has 6 nitrogen and oxygen atoms in total. The molecule has 0 spiro atoms. The van der Waals surface area contributed by atoms with Crippen molar-refractivity contribution in [3.8, 4) is 0 Å². The van der Waals surface area contributed by atoms with Crippen molar-refractivity contribution in [2.75, 3.05) is 0 Å². The van der Waals surface area contributed by atoms with Crippen LogP contribution in [0.15, 0.2) is 48.5 Å². The summed E-state index contributed by atoms with van der Waals surface area (Å²) in [6.07, 6.45) is 0. The van der Waals surface area contributed by atoms with Crippen molar-refractivity contribution in [2.24, 2.45) is 0 Å². The largest absolute Gasteiger partial charge is 0.273 e. The predicted molar refractivity (Wildman–Crippen MR) is 84.0 cm³/mol. The number of sulfonamides is 1. The Labute approximate surface area is 132 Å². The minimum atomic E-state index is -3.72. The molecule has 2 aromatic carbocycles. The highest BCUT2D eigenvalue weighted by molar-refractivity contribution is 7.88. The van der Waals surface area contributed by atoms with Crippen molar-refractivity contribution in [3.63, 3.8) is 0 Å². The first-order chi connectivity index (χ1) is 10.4. The maximum atomic E-state index is 12.1. The zero-order valence-electron chi connectivity index (χ0n) is 11.4. The fourth-order valence-electron chi connectivity index (χ4n) is 1.90. The van der Waals surface area contributed by atoms with Crippen LogP contribution in [0.4, 0.5) is 5.69 Å². The molecule has 22 heavy (non-hydrogen) atoms. The van der Waals surface area contributed by atoms with Crippen LogP contribution in [0.25, 0.3) is 0 Å². The molecule has 0 radical (unpaired) electrons. The molecule has 116 valence electrons. The first-order valence-corrected chi connectivity index (χ1v) is 8.35. The molecule has 1 N–H and O–H groups in total. The van der Waals surface area contributed by atoms with Crippen LogP contribution in [0.2, 0.25) is 5.02 Å². The van der Waals surface area contributed by atoms with Crippen molar-refractivity contribution in [2.45, 2.75) is 12.3 Å². The third kappa shape index (κ3) is 4.27. The van der Waals surface area contributed by atoms with E-state index in [1.807, 2.05) is 0 Å². The lowest BCUT2D eigenvalue weighted by molar-refractivity contribution is -0.385. The van der Waals surface area contributed by atoms with E-state index in [0.29, 0.717) is 10.6 Å². The Kier molecular flexibility index (Phi) is 5.12. The predicted octanol–water partition coefficient (Wildman–Crippen LogP) is 2.87. The van der Waals surface area contributed by atoms with E-state index in [2.05, 4.69) is 4.72 Å². The highest BCUT2D eigenvalue weighted by Gasteiger charge is 2.19. The third-order valence-electron chi connectivity index (χ3n) is 2.97. The zero-order chi connectivity index (χ0) is 16.2. The summed E-state index contributed by atoms with van der Waals surface area (Å²) in [4.78, 5) is 10.3. The molecule has 0 heterocycles. The smallest absolute Gasteiger partial charge is 0.258 e. The van der Waals surface area contributed by atoms with Gasteiger partial charge >= 0.3 is 0 Å². The van der Waals surface area contributed by atoms with Crippen LogP contribution >= 0.6 is 11.6 Å². The van der Waals surface area contributed by atoms with Crippen LogP contribution in [-0.4, -0.2) is 13.3 Å². The molecule has 0 aliphatic heterocycles. The Balaban J connectivity index is 2.12. The van der Waals surface area contributed by atoms with Crippen LogP contribution in [0.5, 0.6) is 0 Å². The van der Waals surface area contributed by atoms with Gasteiger partial charge in [0.05, 0.1) is 10.7 Å². The van der Waals surface area contributed by atoms with E-state index in [4.69, 9.17) is 11.6 Å². The van der Waals surface area contributed by atoms with E-state index < -0.39 is 20.7 Å². The number of hydrogen-bond donors (Lipinski definition) is 1. The second-order valence-electron chi connectivity index (χ2n) is 4.56. The van der Waals surface area contributed by atoms with Gasteiger partial charge in [-0.05, 0) is 11.6 Å². The number of benzene rings is 2. The average Bonchev–Trinajstić information content (AvgIpc) is 2.46. The molecule has 0 aliphatic carbocycles. The van der Waals surface area contributed by atoms with Gasteiger partial charge in [-0.1, -0.05) is 48.0 Å². The van der Waals surface area contributed by atoms with Crippen molar-refractivity contribution >= 4 is 27.3 Å². The van der Waals surface area contributed by atoms with Gasteiger partial charge in [0.1, 0.15) is 0 Å². The monoisotopic (exact) mass is 340 g/mol. The SMILES string of the molecule is O=[N+]([O-])c1ccccc1CS(=O)(=O)NCc1ccccc1Cl. The normalized spacial score (nSPS) is 11.3. The molecule has 0 unspecified atom stereocenters. The van der Waals surface area contributed by atoms with Crippen molar-refractivity contribution in [1.29, 1.82) is 0 Å². The number of hydrogen-bond acceptors (Lipinski definition) is 4. The van der Waals surface area contributed by atoms with Crippen molar-refractivity contribution in [1.82, 2.24) is 4.72 Å². The summed E-state index contributed by atoms with van der Waals surface area (Å²) in [7, 11) is -3.72. The van der Waals surface area contributed by atoms with Gasteiger partial charge in [0.25, 0.3) is 5.69 Å². The summed E-state index contributed by atoms with van der Waals surface area (Å²) in [5.74, 6) is -0.464. The van der Waals surface area contributed by atoms with Crippen LogP contribution < -0.4 is 4.72 Å². The molecule has 2 aromatic rings. The van der Waals surface area contributed by atoms with E-state index >= 15 is 0 Å². The van der Waals surface area contributed by atoms with E-state index in [1.165, 1.54) is 18.2 Å². The average molecular weight is 341 g/mol. The Bertz CT molecular complexity index is 793. The van der Waals surface area contributed by atoms with Gasteiger partial charge in [-0.15, -0.1) is 0 Å². The minimum Gasteiger partial charge on any atom is -0.258 e. The highest BCUT2D eigenvalue weighted by atomic mass is 35.5. The maximum Gasteiger partial charge on any atom is 0.273 e. The van der Waals surface area contributed by atoms with Crippen molar-refractivity contribution in [3.05, 3.63) is 74.8 Å². The minimum absolute atomic E-state index is 0.0304. The fourth-order valence-corrected chi connectivity index (χ4v) is 3.23. The number of nitrogens with one attached hydrogen (secondary N) is 1. The summed E-state index contributed by atoms with van der Waals surface area (Å²) in [5, 5.41) is 11.4. The van der Waals surface area contributed by atoms with Gasteiger partial charge in [-0.2, -0.15) is 0 Å². The molecule has 0 amide bonds. The molecule has 0 aliphatic rings. The van der Waals surface area contributed by atoms with Crippen LogP contribution in [0.3, 0.4) is 0 Å². The van der Waals surface area contributed by atoms with Gasteiger partial charge in [-0.3, -0.25) is 10.1 Å². The van der Waals surface area contributed by atoms with Gasteiger partial charge in [0, 0.05) is 23.2 Å². The molecular formula is C14H13ClN2O4S. The Morgan fingerprint density at radius 1 is 1.05 bits per heavy atom. The van der Waals surface area contributed by atoms with E-state index in [9.17, 15) is 18.5 Å².